The Morgan fingerprint density at radius 3 is 2.47 bits per heavy atom. The molecule has 4 nitrogen and oxygen atoms in total. The highest BCUT2D eigenvalue weighted by molar-refractivity contribution is 5.87. The summed E-state index contributed by atoms with van der Waals surface area (Å²) in [4.78, 5) is 20.1. The van der Waals surface area contributed by atoms with E-state index in [1.165, 1.54) is 5.56 Å². The Morgan fingerprint density at radius 2 is 1.89 bits per heavy atom. The lowest BCUT2D eigenvalue weighted by atomic mass is 10.1. The lowest BCUT2D eigenvalue weighted by molar-refractivity contribution is -0.128. The van der Waals surface area contributed by atoms with Gasteiger partial charge >= 0.3 is 0 Å². The highest BCUT2D eigenvalue weighted by atomic mass is 16.2. The molecule has 1 aliphatic rings. The van der Waals surface area contributed by atoms with Gasteiger partial charge in [0.25, 0.3) is 0 Å². The van der Waals surface area contributed by atoms with Crippen molar-refractivity contribution in [3.05, 3.63) is 42.2 Å². The molecule has 0 bridgehead atoms. The van der Waals surface area contributed by atoms with Gasteiger partial charge in [0.05, 0.1) is 0 Å². The third-order valence-electron chi connectivity index (χ3n) is 3.67. The summed E-state index contributed by atoms with van der Waals surface area (Å²) >= 11 is 0. The molecule has 0 aliphatic carbocycles. The van der Waals surface area contributed by atoms with Gasteiger partial charge < -0.3 is 4.90 Å². The Kier molecular flexibility index (Phi) is 4.68. The van der Waals surface area contributed by atoms with Gasteiger partial charge in [-0.25, -0.2) is 0 Å². The van der Waals surface area contributed by atoms with Gasteiger partial charge in [0.2, 0.25) is 5.91 Å². The van der Waals surface area contributed by atoms with E-state index < -0.39 is 0 Å². The van der Waals surface area contributed by atoms with E-state index in [9.17, 15) is 4.79 Å². The summed E-state index contributed by atoms with van der Waals surface area (Å²) in [5, 5.41) is 0. The van der Waals surface area contributed by atoms with Gasteiger partial charge in [0.15, 0.2) is 0 Å². The number of carbonyl (C=O) groups is 1. The smallest absolute Gasteiger partial charge is 0.246 e. The molecule has 0 saturated carbocycles. The van der Waals surface area contributed by atoms with Gasteiger partial charge in [-0.2, -0.15) is 0 Å². The van der Waals surface area contributed by atoms with Crippen LogP contribution in [0.4, 0.5) is 0 Å². The minimum Gasteiger partial charge on any atom is -0.337 e. The first-order valence-electron chi connectivity index (χ1n) is 6.78. The SMILES string of the molecule is C/C=C/C(=O)N1CCN(C(C)c2ccncc2)CC1. The second kappa shape index (κ2) is 6.48. The van der Waals surface area contributed by atoms with Crippen LogP contribution in [0.3, 0.4) is 0 Å². The fourth-order valence-electron chi connectivity index (χ4n) is 2.43. The van der Waals surface area contributed by atoms with Gasteiger partial charge in [-0.15, -0.1) is 0 Å². The molecule has 1 aliphatic heterocycles. The number of allylic oxidation sites excluding steroid dienone is 1. The summed E-state index contributed by atoms with van der Waals surface area (Å²) in [6.07, 6.45) is 7.10. The number of carbonyl (C=O) groups excluding carboxylic acids is 1. The Morgan fingerprint density at radius 1 is 1.26 bits per heavy atom. The van der Waals surface area contributed by atoms with Crippen LogP contribution in [0.5, 0.6) is 0 Å². The van der Waals surface area contributed by atoms with E-state index in [1.807, 2.05) is 24.2 Å². The van der Waals surface area contributed by atoms with Crippen LogP contribution in [-0.4, -0.2) is 46.9 Å². The minimum atomic E-state index is 0.124. The lowest BCUT2D eigenvalue weighted by Gasteiger charge is -2.37. The van der Waals surface area contributed by atoms with E-state index in [0.717, 1.165) is 26.2 Å². The van der Waals surface area contributed by atoms with E-state index >= 15 is 0 Å². The molecule has 1 atom stereocenters. The number of pyridine rings is 1. The minimum absolute atomic E-state index is 0.124. The summed E-state index contributed by atoms with van der Waals surface area (Å²) < 4.78 is 0. The van der Waals surface area contributed by atoms with Gasteiger partial charge in [-0.05, 0) is 37.6 Å². The Balaban J connectivity index is 1.91. The maximum atomic E-state index is 11.8. The molecular weight excluding hydrogens is 238 g/mol. The standard InChI is InChI=1S/C15H21N3O/c1-3-4-15(19)18-11-9-17(10-12-18)13(2)14-5-7-16-8-6-14/h3-8,13H,9-12H2,1-2H3/b4-3+. The van der Waals surface area contributed by atoms with Gasteiger partial charge in [-0.3, -0.25) is 14.7 Å². The first-order valence-corrected chi connectivity index (χ1v) is 6.78. The predicted octanol–water partition coefficient (Wildman–Crippen LogP) is 1.86. The van der Waals surface area contributed by atoms with Crippen molar-refractivity contribution in [3.8, 4) is 0 Å². The third-order valence-corrected chi connectivity index (χ3v) is 3.67. The van der Waals surface area contributed by atoms with Crippen molar-refractivity contribution in [2.45, 2.75) is 19.9 Å². The molecule has 1 saturated heterocycles. The quantitative estimate of drug-likeness (QED) is 0.777. The average molecular weight is 259 g/mol. The molecule has 1 aromatic heterocycles. The fraction of sp³-hybridized carbons (Fsp3) is 0.467. The van der Waals surface area contributed by atoms with Crippen LogP contribution in [0.25, 0.3) is 0 Å². The summed E-state index contributed by atoms with van der Waals surface area (Å²) in [5.41, 5.74) is 1.28. The van der Waals surface area contributed by atoms with Crippen molar-refractivity contribution < 1.29 is 4.79 Å². The molecular formula is C15H21N3O. The average Bonchev–Trinajstić information content (AvgIpc) is 2.48. The van der Waals surface area contributed by atoms with Crippen molar-refractivity contribution in [2.75, 3.05) is 26.2 Å². The molecule has 19 heavy (non-hydrogen) atoms. The van der Waals surface area contributed by atoms with E-state index in [1.54, 1.807) is 12.2 Å². The van der Waals surface area contributed by atoms with Crippen LogP contribution in [0.15, 0.2) is 36.7 Å². The number of hydrogen-bond donors (Lipinski definition) is 0. The van der Waals surface area contributed by atoms with Crippen molar-refractivity contribution >= 4 is 5.91 Å². The molecule has 4 heteroatoms. The zero-order chi connectivity index (χ0) is 13.7. The number of rotatable bonds is 3. The predicted molar refractivity (Wildman–Crippen MR) is 75.6 cm³/mol. The molecule has 2 rings (SSSR count). The Labute approximate surface area is 114 Å². The fourth-order valence-corrected chi connectivity index (χ4v) is 2.43. The number of amides is 1. The molecule has 0 N–H and O–H groups in total. The monoisotopic (exact) mass is 259 g/mol. The molecule has 1 fully saturated rings. The van der Waals surface area contributed by atoms with Crippen molar-refractivity contribution in [1.82, 2.24) is 14.8 Å². The first-order chi connectivity index (χ1) is 9.22. The number of hydrogen-bond acceptors (Lipinski definition) is 3. The highest BCUT2D eigenvalue weighted by Crippen LogP contribution is 2.20. The van der Waals surface area contributed by atoms with Crippen LogP contribution in [0, 0.1) is 0 Å². The van der Waals surface area contributed by atoms with Crippen LogP contribution >= 0.6 is 0 Å². The van der Waals surface area contributed by atoms with Gasteiger partial charge in [0, 0.05) is 44.6 Å². The Hall–Kier alpha value is -1.68. The second-order valence-corrected chi connectivity index (χ2v) is 4.82. The number of piperazine rings is 1. The summed E-state index contributed by atoms with van der Waals surface area (Å²) in [6, 6.07) is 4.49. The summed E-state index contributed by atoms with van der Waals surface area (Å²) in [7, 11) is 0. The van der Waals surface area contributed by atoms with E-state index in [2.05, 4.69) is 28.9 Å². The third kappa shape index (κ3) is 3.41. The van der Waals surface area contributed by atoms with Crippen LogP contribution in [0.2, 0.25) is 0 Å². The molecule has 0 spiro atoms. The molecule has 0 radical (unpaired) electrons. The maximum Gasteiger partial charge on any atom is 0.246 e. The van der Waals surface area contributed by atoms with Gasteiger partial charge in [-0.1, -0.05) is 6.08 Å². The van der Waals surface area contributed by atoms with Gasteiger partial charge in [0.1, 0.15) is 0 Å². The van der Waals surface area contributed by atoms with E-state index in [0.29, 0.717) is 6.04 Å². The van der Waals surface area contributed by atoms with Crippen LogP contribution in [-0.2, 0) is 4.79 Å². The van der Waals surface area contributed by atoms with Crippen molar-refractivity contribution in [1.29, 1.82) is 0 Å². The molecule has 1 amide bonds. The highest BCUT2D eigenvalue weighted by Gasteiger charge is 2.23. The normalized spacial score (nSPS) is 18.7. The molecule has 102 valence electrons. The van der Waals surface area contributed by atoms with Crippen molar-refractivity contribution in [3.63, 3.8) is 0 Å². The van der Waals surface area contributed by atoms with E-state index in [-0.39, 0.29) is 5.91 Å². The molecule has 0 aromatic carbocycles. The largest absolute Gasteiger partial charge is 0.337 e. The molecule has 1 unspecified atom stereocenters. The second-order valence-electron chi connectivity index (χ2n) is 4.82. The molecule has 1 aromatic rings. The van der Waals surface area contributed by atoms with E-state index in [4.69, 9.17) is 0 Å². The first kappa shape index (κ1) is 13.7. The Bertz CT molecular complexity index is 436. The van der Waals surface area contributed by atoms with Crippen molar-refractivity contribution in [2.24, 2.45) is 0 Å². The lowest BCUT2D eigenvalue weighted by Crippen LogP contribution is -2.48. The van der Waals surface area contributed by atoms with Crippen LogP contribution in [0.1, 0.15) is 25.5 Å². The topological polar surface area (TPSA) is 36.4 Å². The number of aromatic nitrogens is 1. The zero-order valence-corrected chi connectivity index (χ0v) is 11.6. The number of nitrogens with zero attached hydrogens (tertiary/aromatic N) is 3. The zero-order valence-electron chi connectivity index (χ0n) is 11.6. The molecule has 2 heterocycles. The summed E-state index contributed by atoms with van der Waals surface area (Å²) in [6.45, 7) is 7.54. The maximum absolute atomic E-state index is 11.8. The summed E-state index contributed by atoms with van der Waals surface area (Å²) in [5.74, 6) is 0.124. The van der Waals surface area contributed by atoms with Crippen LogP contribution < -0.4 is 0 Å².